The number of amides is 1. The Hall–Kier alpha value is -2.37. The van der Waals surface area contributed by atoms with Crippen molar-refractivity contribution in [1.82, 2.24) is 14.5 Å². The van der Waals surface area contributed by atoms with Gasteiger partial charge in [0.25, 0.3) is 5.91 Å². The van der Waals surface area contributed by atoms with Gasteiger partial charge in [-0.1, -0.05) is 49.2 Å². The molecule has 0 N–H and O–H groups in total. The lowest BCUT2D eigenvalue weighted by atomic mass is 10.1. The summed E-state index contributed by atoms with van der Waals surface area (Å²) in [6, 6.07) is 11.1. The molecule has 0 aliphatic rings. The first-order valence-electron chi connectivity index (χ1n) is 9.32. The predicted molar refractivity (Wildman–Crippen MR) is 114 cm³/mol. The summed E-state index contributed by atoms with van der Waals surface area (Å²) in [4.78, 5) is 19.1. The Bertz CT molecular complexity index is 1000. The lowest BCUT2D eigenvalue weighted by Crippen LogP contribution is -2.34. The van der Waals surface area contributed by atoms with Gasteiger partial charge in [-0.3, -0.25) is 4.79 Å². The molecule has 152 valence electrons. The zero-order chi connectivity index (χ0) is 21.0. The van der Waals surface area contributed by atoms with Crippen LogP contribution in [0.2, 0.25) is 10.0 Å². The molecule has 0 unspecified atom stereocenters. The van der Waals surface area contributed by atoms with Gasteiger partial charge < -0.3 is 9.47 Å². The van der Waals surface area contributed by atoms with Crippen LogP contribution in [0.1, 0.15) is 35.6 Å². The number of carbonyl (C=O) groups excluding carboxylic acids is 1. The third-order valence-corrected chi connectivity index (χ3v) is 5.02. The number of carbonyl (C=O) groups is 1. The van der Waals surface area contributed by atoms with Gasteiger partial charge in [-0.05, 0) is 41.8 Å². The minimum Gasteiger partial charge on any atom is -0.331 e. The summed E-state index contributed by atoms with van der Waals surface area (Å²) in [5.41, 5.74) is 1.23. The molecule has 0 aliphatic carbocycles. The first-order valence-corrected chi connectivity index (χ1v) is 10.1. The van der Waals surface area contributed by atoms with Crippen LogP contribution >= 0.6 is 23.2 Å². The molecular formula is C22H22Cl2FN3O. The van der Waals surface area contributed by atoms with Crippen LogP contribution in [-0.4, -0.2) is 26.9 Å². The van der Waals surface area contributed by atoms with Crippen molar-refractivity contribution in [2.75, 3.05) is 6.54 Å². The van der Waals surface area contributed by atoms with Crippen LogP contribution in [0, 0.1) is 11.7 Å². The third kappa shape index (κ3) is 5.58. The van der Waals surface area contributed by atoms with Crippen LogP contribution in [0.25, 0.3) is 0 Å². The fourth-order valence-electron chi connectivity index (χ4n) is 3.10. The van der Waals surface area contributed by atoms with Gasteiger partial charge in [0.1, 0.15) is 11.6 Å². The highest BCUT2D eigenvalue weighted by Gasteiger charge is 2.20. The quantitative estimate of drug-likeness (QED) is 0.480. The lowest BCUT2D eigenvalue weighted by molar-refractivity contribution is 0.0715. The van der Waals surface area contributed by atoms with Crippen LogP contribution in [0.5, 0.6) is 0 Å². The molecule has 0 saturated heterocycles. The molecule has 0 atom stereocenters. The van der Waals surface area contributed by atoms with E-state index in [1.165, 1.54) is 12.1 Å². The van der Waals surface area contributed by atoms with E-state index in [1.54, 1.807) is 35.4 Å². The minimum absolute atomic E-state index is 0.225. The van der Waals surface area contributed by atoms with E-state index < -0.39 is 5.82 Å². The molecule has 0 spiro atoms. The SMILES string of the molecule is CC(C)CN(Cc1nccn1Cc1ccc(Cl)cc1Cl)C(=O)c1cccc(F)c1. The van der Waals surface area contributed by atoms with Gasteiger partial charge in [0.2, 0.25) is 0 Å². The van der Waals surface area contributed by atoms with Crippen LogP contribution in [0.4, 0.5) is 4.39 Å². The van der Waals surface area contributed by atoms with Gasteiger partial charge in [-0.2, -0.15) is 0 Å². The summed E-state index contributed by atoms with van der Waals surface area (Å²) in [6.45, 7) is 5.42. The van der Waals surface area contributed by atoms with E-state index in [4.69, 9.17) is 23.2 Å². The molecule has 0 radical (unpaired) electrons. The largest absolute Gasteiger partial charge is 0.331 e. The van der Waals surface area contributed by atoms with Crippen molar-refractivity contribution < 1.29 is 9.18 Å². The number of rotatable bonds is 7. The second-order valence-corrected chi connectivity index (χ2v) is 8.14. The molecule has 4 nitrogen and oxygen atoms in total. The zero-order valence-corrected chi connectivity index (χ0v) is 17.8. The average Bonchev–Trinajstić information content (AvgIpc) is 3.09. The first kappa shape index (κ1) is 21.3. The molecule has 0 bridgehead atoms. The summed E-state index contributed by atoms with van der Waals surface area (Å²) in [6.07, 6.45) is 3.54. The van der Waals surface area contributed by atoms with Crippen molar-refractivity contribution in [2.45, 2.75) is 26.9 Å². The van der Waals surface area contributed by atoms with E-state index in [2.05, 4.69) is 4.98 Å². The summed E-state index contributed by atoms with van der Waals surface area (Å²) in [7, 11) is 0. The molecule has 2 aromatic carbocycles. The Balaban J connectivity index is 1.83. The Morgan fingerprint density at radius 2 is 2.00 bits per heavy atom. The van der Waals surface area contributed by atoms with Gasteiger partial charge in [0, 0.05) is 34.5 Å². The van der Waals surface area contributed by atoms with Crippen molar-refractivity contribution in [3.63, 3.8) is 0 Å². The number of imidazole rings is 1. The van der Waals surface area contributed by atoms with E-state index in [-0.39, 0.29) is 11.8 Å². The van der Waals surface area contributed by atoms with Gasteiger partial charge in [0.15, 0.2) is 0 Å². The molecular weight excluding hydrogens is 412 g/mol. The molecule has 1 amide bonds. The molecule has 0 saturated carbocycles. The highest BCUT2D eigenvalue weighted by atomic mass is 35.5. The third-order valence-electron chi connectivity index (χ3n) is 4.43. The topological polar surface area (TPSA) is 38.1 Å². The second-order valence-electron chi connectivity index (χ2n) is 7.30. The van der Waals surface area contributed by atoms with E-state index in [1.807, 2.05) is 30.7 Å². The van der Waals surface area contributed by atoms with E-state index in [0.717, 1.165) is 11.4 Å². The molecule has 3 rings (SSSR count). The van der Waals surface area contributed by atoms with Crippen LogP contribution < -0.4 is 0 Å². The second kappa shape index (κ2) is 9.42. The fraction of sp³-hybridized carbons (Fsp3) is 0.273. The van der Waals surface area contributed by atoms with Crippen molar-refractivity contribution in [2.24, 2.45) is 5.92 Å². The summed E-state index contributed by atoms with van der Waals surface area (Å²) >= 11 is 12.3. The van der Waals surface area contributed by atoms with Crippen molar-refractivity contribution in [3.8, 4) is 0 Å². The average molecular weight is 434 g/mol. The van der Waals surface area contributed by atoms with Gasteiger partial charge in [0.05, 0.1) is 13.1 Å². The zero-order valence-electron chi connectivity index (χ0n) is 16.3. The molecule has 29 heavy (non-hydrogen) atoms. The minimum atomic E-state index is -0.431. The number of benzene rings is 2. The lowest BCUT2D eigenvalue weighted by Gasteiger charge is -2.25. The highest BCUT2D eigenvalue weighted by molar-refractivity contribution is 6.35. The molecule has 1 heterocycles. The van der Waals surface area contributed by atoms with Crippen molar-refractivity contribution >= 4 is 29.1 Å². The number of hydrogen-bond donors (Lipinski definition) is 0. The normalized spacial score (nSPS) is 11.1. The maximum Gasteiger partial charge on any atom is 0.254 e. The van der Waals surface area contributed by atoms with Gasteiger partial charge in [-0.25, -0.2) is 9.37 Å². The number of nitrogens with zero attached hydrogens (tertiary/aromatic N) is 3. The van der Waals surface area contributed by atoms with Crippen LogP contribution in [0.15, 0.2) is 54.9 Å². The van der Waals surface area contributed by atoms with Gasteiger partial charge in [-0.15, -0.1) is 0 Å². The summed E-state index contributed by atoms with van der Waals surface area (Å²) in [5.74, 6) is 0.319. The molecule has 1 aromatic heterocycles. The summed E-state index contributed by atoms with van der Waals surface area (Å²) < 4.78 is 15.5. The summed E-state index contributed by atoms with van der Waals surface area (Å²) in [5, 5.41) is 1.15. The van der Waals surface area contributed by atoms with Crippen LogP contribution in [0.3, 0.4) is 0 Å². The molecule has 3 aromatic rings. The molecule has 0 aliphatic heterocycles. The Kier molecular flexibility index (Phi) is 6.93. The number of hydrogen-bond acceptors (Lipinski definition) is 2. The Morgan fingerprint density at radius 1 is 1.21 bits per heavy atom. The van der Waals surface area contributed by atoms with Crippen molar-refractivity contribution in [3.05, 3.63) is 87.7 Å². The predicted octanol–water partition coefficient (Wildman–Crippen LogP) is 5.68. The standard InChI is InChI=1S/C22H22Cl2FN3O/c1-15(2)12-28(22(29)16-4-3-5-19(25)10-16)14-21-26-8-9-27(21)13-17-6-7-18(23)11-20(17)24/h3-11,15H,12-14H2,1-2H3. The molecule has 7 heteroatoms. The monoisotopic (exact) mass is 433 g/mol. The van der Waals surface area contributed by atoms with Crippen LogP contribution in [-0.2, 0) is 13.1 Å². The maximum atomic E-state index is 13.6. The number of halogens is 3. The highest BCUT2D eigenvalue weighted by Crippen LogP contribution is 2.22. The van der Waals surface area contributed by atoms with E-state index in [0.29, 0.717) is 35.2 Å². The van der Waals surface area contributed by atoms with Crippen molar-refractivity contribution in [1.29, 1.82) is 0 Å². The maximum absolute atomic E-state index is 13.6. The smallest absolute Gasteiger partial charge is 0.254 e. The number of aromatic nitrogens is 2. The fourth-order valence-corrected chi connectivity index (χ4v) is 3.57. The van der Waals surface area contributed by atoms with E-state index >= 15 is 0 Å². The van der Waals surface area contributed by atoms with Gasteiger partial charge >= 0.3 is 0 Å². The molecule has 0 fully saturated rings. The Morgan fingerprint density at radius 3 is 2.69 bits per heavy atom. The first-order chi connectivity index (χ1) is 13.8. The Labute approximate surface area is 179 Å². The van der Waals surface area contributed by atoms with E-state index in [9.17, 15) is 9.18 Å².